The smallest absolute Gasteiger partial charge is 0.309 e. The zero-order valence-corrected chi connectivity index (χ0v) is 10.5. The van der Waals surface area contributed by atoms with Crippen LogP contribution in [0.1, 0.15) is 39.5 Å². The van der Waals surface area contributed by atoms with Crippen LogP contribution in [-0.2, 0) is 4.79 Å². The minimum Gasteiger partial charge on any atom is -0.481 e. The highest BCUT2D eigenvalue weighted by Gasteiger charge is 2.41. The van der Waals surface area contributed by atoms with Crippen molar-refractivity contribution < 1.29 is 9.90 Å². The van der Waals surface area contributed by atoms with Crippen LogP contribution < -0.4 is 0 Å². The van der Waals surface area contributed by atoms with Crippen molar-refractivity contribution in [3.63, 3.8) is 0 Å². The van der Waals surface area contributed by atoms with E-state index in [4.69, 9.17) is 10.4 Å². The van der Waals surface area contributed by atoms with Gasteiger partial charge in [0.1, 0.15) is 0 Å². The minimum atomic E-state index is -0.699. The molecule has 2 aliphatic rings. The van der Waals surface area contributed by atoms with Gasteiger partial charge in [0, 0.05) is 0 Å². The molecule has 17 heavy (non-hydrogen) atoms. The van der Waals surface area contributed by atoms with Gasteiger partial charge in [-0.2, -0.15) is 5.26 Å². The van der Waals surface area contributed by atoms with Crippen LogP contribution in [0.15, 0.2) is 24.3 Å². The molecule has 2 rings (SSSR count). The number of carbonyl (C=O) groups is 1. The third-order valence-corrected chi connectivity index (χ3v) is 3.35. The number of hydrogen-bond acceptors (Lipinski definition) is 2. The number of carboxylic acids is 1. The summed E-state index contributed by atoms with van der Waals surface area (Å²) >= 11 is 0. The van der Waals surface area contributed by atoms with Gasteiger partial charge in [0.2, 0.25) is 0 Å². The van der Waals surface area contributed by atoms with E-state index < -0.39 is 11.4 Å². The number of nitriles is 1. The van der Waals surface area contributed by atoms with Crippen LogP contribution in [-0.4, -0.2) is 11.1 Å². The van der Waals surface area contributed by atoms with Crippen molar-refractivity contribution in [3.05, 3.63) is 24.3 Å². The standard InChI is InChI=1S/C7H9N.C7H10O2/c1-6-3-7(2,4-6)5-8;1-5-3-7(2,4-5)6(8)9/h1,3-4H2,2H3;1,3-4H2,2H3,(H,8,9). The van der Waals surface area contributed by atoms with E-state index in [1.807, 2.05) is 6.92 Å². The Hall–Kier alpha value is -1.56. The molecule has 0 radical (unpaired) electrons. The Kier molecular flexibility index (Phi) is 3.47. The van der Waals surface area contributed by atoms with E-state index in [0.29, 0.717) is 12.8 Å². The fourth-order valence-electron chi connectivity index (χ4n) is 2.33. The van der Waals surface area contributed by atoms with E-state index in [1.165, 1.54) is 5.57 Å². The normalized spacial score (nSPS) is 23.4. The summed E-state index contributed by atoms with van der Waals surface area (Å²) in [5, 5.41) is 17.0. The molecule has 2 saturated carbocycles. The first-order chi connectivity index (χ1) is 7.71. The second-order valence-corrected chi connectivity index (χ2v) is 5.75. The second-order valence-electron chi connectivity index (χ2n) is 5.75. The average Bonchev–Trinajstić information content (AvgIpc) is 2.14. The number of rotatable bonds is 1. The first-order valence-electron chi connectivity index (χ1n) is 5.69. The summed E-state index contributed by atoms with van der Waals surface area (Å²) in [6.45, 7) is 11.2. The van der Waals surface area contributed by atoms with E-state index in [2.05, 4.69) is 19.2 Å². The molecule has 3 nitrogen and oxygen atoms in total. The van der Waals surface area contributed by atoms with Crippen LogP contribution in [0.5, 0.6) is 0 Å². The molecule has 2 aliphatic carbocycles. The van der Waals surface area contributed by atoms with Gasteiger partial charge in [-0.3, -0.25) is 4.79 Å². The van der Waals surface area contributed by atoms with Crippen LogP contribution in [0.25, 0.3) is 0 Å². The molecule has 0 spiro atoms. The van der Waals surface area contributed by atoms with Gasteiger partial charge in [-0.1, -0.05) is 24.3 Å². The summed E-state index contributed by atoms with van der Waals surface area (Å²) in [5.74, 6) is -0.699. The van der Waals surface area contributed by atoms with Crippen molar-refractivity contribution in [2.24, 2.45) is 10.8 Å². The number of carboxylic acid groups (broad SMARTS) is 1. The van der Waals surface area contributed by atoms with E-state index in [-0.39, 0.29) is 5.41 Å². The van der Waals surface area contributed by atoms with Crippen molar-refractivity contribution in [3.8, 4) is 6.07 Å². The lowest BCUT2D eigenvalue weighted by atomic mass is 9.68. The van der Waals surface area contributed by atoms with Crippen molar-refractivity contribution in [1.82, 2.24) is 0 Å². The second kappa shape index (κ2) is 4.37. The third-order valence-electron chi connectivity index (χ3n) is 3.35. The van der Waals surface area contributed by atoms with E-state index >= 15 is 0 Å². The van der Waals surface area contributed by atoms with Gasteiger partial charge in [-0.15, -0.1) is 0 Å². The molecule has 3 heteroatoms. The molecule has 2 fully saturated rings. The van der Waals surface area contributed by atoms with Gasteiger partial charge in [0.25, 0.3) is 0 Å². The molecule has 0 aromatic rings. The maximum Gasteiger partial charge on any atom is 0.309 e. The lowest BCUT2D eigenvalue weighted by molar-refractivity contribution is -0.150. The zero-order chi connectivity index (χ0) is 13.3. The predicted molar refractivity (Wildman–Crippen MR) is 66.2 cm³/mol. The van der Waals surface area contributed by atoms with Crippen molar-refractivity contribution in [2.75, 3.05) is 0 Å². The third kappa shape index (κ3) is 2.97. The lowest BCUT2D eigenvalue weighted by Crippen LogP contribution is -2.35. The fourth-order valence-corrected chi connectivity index (χ4v) is 2.33. The topological polar surface area (TPSA) is 61.1 Å². The Bertz CT molecular complexity index is 398. The first-order valence-corrected chi connectivity index (χ1v) is 5.69. The van der Waals surface area contributed by atoms with Crippen LogP contribution in [0.4, 0.5) is 0 Å². The Balaban J connectivity index is 0.000000171. The zero-order valence-electron chi connectivity index (χ0n) is 10.5. The maximum atomic E-state index is 10.4. The van der Waals surface area contributed by atoms with Crippen molar-refractivity contribution in [1.29, 1.82) is 5.26 Å². The molecular formula is C14H19NO2. The van der Waals surface area contributed by atoms with E-state index in [9.17, 15) is 4.79 Å². The molecular weight excluding hydrogens is 214 g/mol. The average molecular weight is 233 g/mol. The SMILES string of the molecule is C=C1CC(C)(C#N)C1.C=C1CC(C)(C(=O)O)C1. The van der Waals surface area contributed by atoms with Crippen LogP contribution in [0.3, 0.4) is 0 Å². The Labute approximate surface area is 102 Å². The van der Waals surface area contributed by atoms with Gasteiger partial charge in [0.15, 0.2) is 0 Å². The summed E-state index contributed by atoms with van der Waals surface area (Å²) in [6.07, 6.45) is 3.12. The number of aliphatic carboxylic acids is 1. The predicted octanol–water partition coefficient (Wildman–Crippen LogP) is 3.29. The fraction of sp³-hybridized carbons (Fsp3) is 0.571. The highest BCUT2D eigenvalue weighted by molar-refractivity contribution is 5.77. The minimum absolute atomic E-state index is 0.0584. The Morgan fingerprint density at radius 1 is 1.24 bits per heavy atom. The highest BCUT2D eigenvalue weighted by Crippen LogP contribution is 2.44. The molecule has 0 aromatic carbocycles. The van der Waals surface area contributed by atoms with Gasteiger partial charge in [-0.25, -0.2) is 0 Å². The van der Waals surface area contributed by atoms with Crippen LogP contribution >= 0.6 is 0 Å². The highest BCUT2D eigenvalue weighted by atomic mass is 16.4. The summed E-state index contributed by atoms with van der Waals surface area (Å²) in [7, 11) is 0. The van der Waals surface area contributed by atoms with E-state index in [0.717, 1.165) is 18.4 Å². The molecule has 0 saturated heterocycles. The Morgan fingerprint density at radius 3 is 1.76 bits per heavy atom. The monoisotopic (exact) mass is 233 g/mol. The molecule has 0 amide bonds. The summed E-state index contributed by atoms with van der Waals surface area (Å²) in [6, 6.07) is 2.25. The maximum absolute atomic E-state index is 10.4. The first kappa shape index (κ1) is 13.5. The Morgan fingerprint density at radius 2 is 1.65 bits per heavy atom. The van der Waals surface area contributed by atoms with Crippen molar-refractivity contribution >= 4 is 5.97 Å². The van der Waals surface area contributed by atoms with Gasteiger partial charge < -0.3 is 5.11 Å². The van der Waals surface area contributed by atoms with Gasteiger partial charge in [0.05, 0.1) is 16.9 Å². The van der Waals surface area contributed by atoms with Crippen molar-refractivity contribution in [2.45, 2.75) is 39.5 Å². The van der Waals surface area contributed by atoms with E-state index in [1.54, 1.807) is 6.92 Å². The summed E-state index contributed by atoms with van der Waals surface area (Å²) in [5.41, 5.74) is 1.72. The van der Waals surface area contributed by atoms with Gasteiger partial charge >= 0.3 is 5.97 Å². The molecule has 0 atom stereocenters. The summed E-state index contributed by atoms with van der Waals surface area (Å²) < 4.78 is 0. The molecule has 0 heterocycles. The van der Waals surface area contributed by atoms with Crippen LogP contribution in [0, 0.1) is 22.2 Å². The molecule has 0 bridgehead atoms. The van der Waals surface area contributed by atoms with Crippen LogP contribution in [0.2, 0.25) is 0 Å². The number of allylic oxidation sites excluding steroid dienone is 2. The lowest BCUT2D eigenvalue weighted by Gasteiger charge is -2.35. The quantitative estimate of drug-likeness (QED) is 0.707. The molecule has 92 valence electrons. The number of nitrogens with zero attached hydrogens (tertiary/aromatic N) is 1. The largest absolute Gasteiger partial charge is 0.481 e. The number of hydrogen-bond donors (Lipinski definition) is 1. The molecule has 1 N–H and O–H groups in total. The molecule has 0 unspecified atom stereocenters. The summed E-state index contributed by atoms with van der Waals surface area (Å²) in [4.78, 5) is 10.4. The molecule has 0 aliphatic heterocycles. The molecule has 0 aromatic heterocycles. The van der Waals surface area contributed by atoms with Gasteiger partial charge in [-0.05, 0) is 39.5 Å².